The maximum Gasteiger partial charge on any atom is 0.573 e. The van der Waals surface area contributed by atoms with Gasteiger partial charge in [0, 0.05) is 5.69 Å². The number of ether oxygens (including phenoxy) is 1. The molecule has 1 heterocycles. The number of anilines is 1. The number of hydrogen-bond donors (Lipinski definition) is 2. The molecule has 0 atom stereocenters. The molecular formula is C17H13F3N4O3. The topological polar surface area (TPSA) is 89.3 Å². The number of aromatic carboxylic acids is 1. The second kappa shape index (κ2) is 7.36. The third-order valence-electron chi connectivity index (χ3n) is 3.46. The molecule has 140 valence electrons. The lowest BCUT2D eigenvalue weighted by atomic mass is 10.2. The van der Waals surface area contributed by atoms with Gasteiger partial charge in [-0.1, -0.05) is 0 Å². The summed E-state index contributed by atoms with van der Waals surface area (Å²) in [6, 6.07) is 11.4. The fraction of sp³-hybridized carbons (Fsp3) is 0.118. The predicted octanol–water partition coefficient (Wildman–Crippen LogP) is 3.48. The van der Waals surface area contributed by atoms with Crippen molar-refractivity contribution in [1.82, 2.24) is 14.8 Å². The normalized spacial score (nSPS) is 11.2. The highest BCUT2D eigenvalue weighted by atomic mass is 19.4. The minimum atomic E-state index is -4.74. The molecule has 0 aliphatic heterocycles. The SMILES string of the molecule is O=C(O)c1ccc(NCc2ncn(-c3ccc(OC(F)(F)F)cc3)n2)cc1. The molecule has 0 unspecified atom stereocenters. The molecule has 2 N–H and O–H groups in total. The lowest BCUT2D eigenvalue weighted by Gasteiger charge is -2.09. The van der Waals surface area contributed by atoms with E-state index in [1.54, 1.807) is 12.1 Å². The molecule has 0 saturated heterocycles. The minimum absolute atomic E-state index is 0.181. The molecule has 0 radical (unpaired) electrons. The van der Waals surface area contributed by atoms with E-state index < -0.39 is 12.3 Å². The van der Waals surface area contributed by atoms with Crippen molar-refractivity contribution < 1.29 is 27.8 Å². The highest BCUT2D eigenvalue weighted by Gasteiger charge is 2.30. The zero-order chi connectivity index (χ0) is 19.4. The molecule has 0 spiro atoms. The molecule has 10 heteroatoms. The van der Waals surface area contributed by atoms with Crippen molar-refractivity contribution in [3.05, 3.63) is 66.2 Å². The smallest absolute Gasteiger partial charge is 0.478 e. The van der Waals surface area contributed by atoms with Gasteiger partial charge in [0.05, 0.1) is 17.8 Å². The summed E-state index contributed by atoms with van der Waals surface area (Å²) < 4.78 is 41.7. The lowest BCUT2D eigenvalue weighted by Crippen LogP contribution is -2.17. The van der Waals surface area contributed by atoms with Crippen molar-refractivity contribution in [3.63, 3.8) is 0 Å². The second-order valence-electron chi connectivity index (χ2n) is 5.38. The van der Waals surface area contributed by atoms with E-state index in [-0.39, 0.29) is 17.9 Å². The van der Waals surface area contributed by atoms with Crippen LogP contribution in [-0.4, -0.2) is 32.2 Å². The van der Waals surface area contributed by atoms with Crippen LogP contribution in [-0.2, 0) is 6.54 Å². The molecule has 7 nitrogen and oxygen atoms in total. The number of alkyl halides is 3. The van der Waals surface area contributed by atoms with Crippen molar-refractivity contribution in [2.45, 2.75) is 12.9 Å². The van der Waals surface area contributed by atoms with E-state index in [0.717, 1.165) is 0 Å². The Labute approximate surface area is 151 Å². The minimum Gasteiger partial charge on any atom is -0.478 e. The van der Waals surface area contributed by atoms with Gasteiger partial charge < -0.3 is 15.2 Å². The molecule has 3 aromatic rings. The van der Waals surface area contributed by atoms with Crippen molar-refractivity contribution in [2.75, 3.05) is 5.32 Å². The average molecular weight is 378 g/mol. The maximum absolute atomic E-state index is 12.2. The van der Waals surface area contributed by atoms with E-state index in [1.165, 1.54) is 47.4 Å². The summed E-state index contributed by atoms with van der Waals surface area (Å²) in [6.07, 6.45) is -3.31. The Balaban J connectivity index is 1.62. The number of benzene rings is 2. The van der Waals surface area contributed by atoms with Gasteiger partial charge in [-0.15, -0.1) is 18.3 Å². The van der Waals surface area contributed by atoms with Gasteiger partial charge in [-0.2, -0.15) is 0 Å². The zero-order valence-corrected chi connectivity index (χ0v) is 13.6. The van der Waals surface area contributed by atoms with Gasteiger partial charge >= 0.3 is 12.3 Å². The van der Waals surface area contributed by atoms with Crippen LogP contribution in [0.3, 0.4) is 0 Å². The van der Waals surface area contributed by atoms with E-state index >= 15 is 0 Å². The molecule has 0 fully saturated rings. The number of nitrogens with one attached hydrogen (secondary N) is 1. The second-order valence-corrected chi connectivity index (χ2v) is 5.38. The lowest BCUT2D eigenvalue weighted by molar-refractivity contribution is -0.274. The molecule has 0 saturated carbocycles. The summed E-state index contributed by atoms with van der Waals surface area (Å²) in [6.45, 7) is 0.286. The third-order valence-corrected chi connectivity index (χ3v) is 3.46. The van der Waals surface area contributed by atoms with Crippen LogP contribution in [0.4, 0.5) is 18.9 Å². The number of carboxylic acids is 1. The predicted molar refractivity (Wildman–Crippen MR) is 88.8 cm³/mol. The van der Waals surface area contributed by atoms with Gasteiger partial charge in [0.1, 0.15) is 12.1 Å². The molecule has 3 rings (SSSR count). The van der Waals surface area contributed by atoms with Crippen LogP contribution in [0.5, 0.6) is 5.75 Å². The number of carboxylic acid groups (broad SMARTS) is 1. The van der Waals surface area contributed by atoms with Crippen LogP contribution < -0.4 is 10.1 Å². The van der Waals surface area contributed by atoms with Crippen molar-refractivity contribution >= 4 is 11.7 Å². The molecule has 27 heavy (non-hydrogen) atoms. The average Bonchev–Trinajstić information content (AvgIpc) is 3.08. The standard InChI is InChI=1S/C17H13F3N4O3/c18-17(19,20)27-14-7-5-13(6-8-14)24-10-22-15(23-24)9-21-12-3-1-11(2-4-12)16(25)26/h1-8,10,21H,9H2,(H,25,26). The zero-order valence-electron chi connectivity index (χ0n) is 13.6. The van der Waals surface area contributed by atoms with E-state index in [2.05, 4.69) is 20.1 Å². The molecule has 0 bridgehead atoms. The number of aromatic nitrogens is 3. The van der Waals surface area contributed by atoms with Crippen LogP contribution in [0.1, 0.15) is 16.2 Å². The van der Waals surface area contributed by atoms with Crippen LogP contribution >= 0.6 is 0 Å². The highest BCUT2D eigenvalue weighted by Crippen LogP contribution is 2.23. The molecule has 0 amide bonds. The first-order valence-corrected chi connectivity index (χ1v) is 7.64. The molecular weight excluding hydrogens is 365 g/mol. The summed E-state index contributed by atoms with van der Waals surface area (Å²) in [5.41, 5.74) is 1.40. The first-order valence-electron chi connectivity index (χ1n) is 7.64. The van der Waals surface area contributed by atoms with Crippen molar-refractivity contribution in [1.29, 1.82) is 0 Å². The highest BCUT2D eigenvalue weighted by molar-refractivity contribution is 5.87. The van der Waals surface area contributed by atoms with Crippen molar-refractivity contribution in [2.24, 2.45) is 0 Å². The van der Waals surface area contributed by atoms with Crippen molar-refractivity contribution in [3.8, 4) is 11.4 Å². The van der Waals surface area contributed by atoms with E-state index in [4.69, 9.17) is 5.11 Å². The Kier molecular flexibility index (Phi) is 4.97. The summed E-state index contributed by atoms with van der Waals surface area (Å²) >= 11 is 0. The number of halogens is 3. The molecule has 2 aromatic carbocycles. The largest absolute Gasteiger partial charge is 0.573 e. The van der Waals surface area contributed by atoms with E-state index in [9.17, 15) is 18.0 Å². The molecule has 0 aliphatic carbocycles. The van der Waals surface area contributed by atoms with E-state index in [0.29, 0.717) is 17.2 Å². The van der Waals surface area contributed by atoms with Gasteiger partial charge in [0.15, 0.2) is 5.82 Å². The number of carbonyl (C=O) groups is 1. The molecule has 0 aliphatic rings. The van der Waals surface area contributed by atoms with E-state index in [1.807, 2.05) is 0 Å². The maximum atomic E-state index is 12.2. The van der Waals surface area contributed by atoms with Crippen LogP contribution in [0.15, 0.2) is 54.9 Å². The monoisotopic (exact) mass is 378 g/mol. The number of nitrogens with zero attached hydrogens (tertiary/aromatic N) is 3. The first kappa shape index (κ1) is 18.2. The molecule has 1 aromatic heterocycles. The summed E-state index contributed by atoms with van der Waals surface area (Å²) in [5, 5.41) is 16.1. The first-order chi connectivity index (χ1) is 12.8. The van der Waals surface area contributed by atoms with Crippen LogP contribution in [0, 0.1) is 0 Å². The third kappa shape index (κ3) is 4.97. The quantitative estimate of drug-likeness (QED) is 0.683. The van der Waals surface area contributed by atoms with Crippen LogP contribution in [0.2, 0.25) is 0 Å². The Bertz CT molecular complexity index is 922. The van der Waals surface area contributed by atoms with Gasteiger partial charge in [0.2, 0.25) is 0 Å². The Morgan fingerprint density at radius 2 is 1.78 bits per heavy atom. The Morgan fingerprint density at radius 3 is 2.37 bits per heavy atom. The fourth-order valence-corrected chi connectivity index (χ4v) is 2.22. The summed E-state index contributed by atoms with van der Waals surface area (Å²) in [5.74, 6) is -0.875. The summed E-state index contributed by atoms with van der Waals surface area (Å²) in [7, 11) is 0. The summed E-state index contributed by atoms with van der Waals surface area (Å²) in [4.78, 5) is 14.9. The Hall–Kier alpha value is -3.56. The van der Waals surface area contributed by atoms with Gasteiger partial charge in [-0.3, -0.25) is 0 Å². The van der Waals surface area contributed by atoms with Crippen LogP contribution in [0.25, 0.3) is 5.69 Å². The Morgan fingerprint density at radius 1 is 1.11 bits per heavy atom. The van der Waals surface area contributed by atoms with Gasteiger partial charge in [0.25, 0.3) is 0 Å². The fourth-order valence-electron chi connectivity index (χ4n) is 2.22. The number of rotatable bonds is 6. The van der Waals surface area contributed by atoms with Gasteiger partial charge in [-0.25, -0.2) is 14.5 Å². The van der Waals surface area contributed by atoms with Gasteiger partial charge in [-0.05, 0) is 48.5 Å². The number of hydrogen-bond acceptors (Lipinski definition) is 5.